The van der Waals surface area contributed by atoms with Gasteiger partial charge in [-0.05, 0) is 12.1 Å². The molecule has 0 saturated heterocycles. The number of nitrogens with one attached hydrogen (secondary N) is 1. The Morgan fingerprint density at radius 2 is 2.25 bits per heavy atom. The fourth-order valence-electron chi connectivity index (χ4n) is 1.88. The van der Waals surface area contributed by atoms with Gasteiger partial charge in [-0.1, -0.05) is 6.07 Å². The number of nitrogens with zero attached hydrogens (tertiary/aromatic N) is 2. The van der Waals surface area contributed by atoms with E-state index in [1.165, 1.54) is 7.11 Å². The molecule has 8 nitrogen and oxygen atoms in total. The summed E-state index contributed by atoms with van der Waals surface area (Å²) in [6.07, 6.45) is 0.281. The summed E-state index contributed by atoms with van der Waals surface area (Å²) in [5.41, 5.74) is 2.04. The quantitative estimate of drug-likeness (QED) is 0.375. The Balaban J connectivity index is 2.53. The Bertz CT molecular complexity index is 710. The lowest BCUT2D eigenvalue weighted by molar-refractivity contribution is -0.121. The minimum atomic E-state index is -0.392. The summed E-state index contributed by atoms with van der Waals surface area (Å²) >= 11 is 0. The standard InChI is InChI=1S/C12H15N5O3/c1-20-8-4-2-3-7-11(8)15-9(17(14)12(7)19)5-6-10(18)16-13/h2-4H,5-6,13-14H2,1H3,(H,16,18). The molecule has 0 fully saturated rings. The van der Waals surface area contributed by atoms with Gasteiger partial charge in [-0.2, -0.15) is 0 Å². The number of nitrogen functional groups attached to an aromatic ring is 1. The molecular weight excluding hydrogens is 262 g/mol. The van der Waals surface area contributed by atoms with Crippen molar-refractivity contribution in [3.05, 3.63) is 34.4 Å². The molecular formula is C12H15N5O3. The molecule has 0 atom stereocenters. The Morgan fingerprint density at radius 1 is 1.50 bits per heavy atom. The number of aromatic nitrogens is 2. The zero-order valence-corrected chi connectivity index (χ0v) is 10.9. The van der Waals surface area contributed by atoms with Crippen molar-refractivity contribution in [1.29, 1.82) is 0 Å². The first-order chi connectivity index (χ1) is 9.58. The summed E-state index contributed by atoms with van der Waals surface area (Å²) in [5.74, 6) is 11.1. The molecule has 2 rings (SSSR count). The number of benzene rings is 1. The summed E-state index contributed by atoms with van der Waals surface area (Å²) in [7, 11) is 1.49. The summed E-state index contributed by atoms with van der Waals surface area (Å²) in [4.78, 5) is 27.6. The lowest BCUT2D eigenvalue weighted by Gasteiger charge is -2.10. The number of hydrazine groups is 1. The molecule has 0 unspecified atom stereocenters. The van der Waals surface area contributed by atoms with Crippen LogP contribution in [-0.2, 0) is 11.2 Å². The van der Waals surface area contributed by atoms with Crippen molar-refractivity contribution in [3.63, 3.8) is 0 Å². The lowest BCUT2D eigenvalue weighted by Crippen LogP contribution is -2.34. The number of para-hydroxylation sites is 1. The van der Waals surface area contributed by atoms with Gasteiger partial charge in [0.25, 0.3) is 5.56 Å². The van der Waals surface area contributed by atoms with Crippen LogP contribution in [0.1, 0.15) is 12.2 Å². The van der Waals surface area contributed by atoms with E-state index in [9.17, 15) is 9.59 Å². The number of ether oxygens (including phenoxy) is 1. The van der Waals surface area contributed by atoms with Crippen molar-refractivity contribution in [3.8, 4) is 5.75 Å². The van der Waals surface area contributed by atoms with Crippen LogP contribution in [0.5, 0.6) is 5.75 Å². The molecule has 106 valence electrons. The number of hydrogen-bond donors (Lipinski definition) is 3. The highest BCUT2D eigenvalue weighted by atomic mass is 16.5. The summed E-state index contributed by atoms with van der Waals surface area (Å²) < 4.78 is 6.11. The number of aryl methyl sites for hydroxylation is 1. The lowest BCUT2D eigenvalue weighted by atomic mass is 10.2. The van der Waals surface area contributed by atoms with Crippen molar-refractivity contribution in [2.45, 2.75) is 12.8 Å². The second kappa shape index (κ2) is 5.57. The highest BCUT2D eigenvalue weighted by molar-refractivity contribution is 5.83. The molecule has 0 radical (unpaired) electrons. The van der Waals surface area contributed by atoms with E-state index in [2.05, 4.69) is 4.98 Å². The van der Waals surface area contributed by atoms with Crippen molar-refractivity contribution in [2.75, 3.05) is 13.0 Å². The van der Waals surface area contributed by atoms with Crippen LogP contribution in [0.3, 0.4) is 0 Å². The second-order valence-corrected chi connectivity index (χ2v) is 4.13. The first-order valence-corrected chi connectivity index (χ1v) is 5.91. The zero-order chi connectivity index (χ0) is 14.7. The molecule has 1 aromatic carbocycles. The molecule has 1 aromatic heterocycles. The molecule has 1 heterocycles. The molecule has 0 aliphatic carbocycles. The van der Waals surface area contributed by atoms with Gasteiger partial charge in [-0.15, -0.1) is 0 Å². The van der Waals surface area contributed by atoms with Crippen LogP contribution in [0.25, 0.3) is 10.9 Å². The SMILES string of the molecule is COc1cccc2c(=O)n(N)c(CCC(=O)NN)nc12. The van der Waals surface area contributed by atoms with Gasteiger partial charge in [0.05, 0.1) is 12.5 Å². The Morgan fingerprint density at radius 3 is 2.90 bits per heavy atom. The third kappa shape index (κ3) is 2.41. The first kappa shape index (κ1) is 13.8. The summed E-state index contributed by atoms with van der Waals surface area (Å²) in [6, 6.07) is 5.00. The molecule has 0 saturated carbocycles. The van der Waals surface area contributed by atoms with Gasteiger partial charge in [-0.3, -0.25) is 15.0 Å². The van der Waals surface area contributed by atoms with Crippen LogP contribution in [-0.4, -0.2) is 22.7 Å². The van der Waals surface area contributed by atoms with Gasteiger partial charge in [0.2, 0.25) is 5.91 Å². The Labute approximate surface area is 114 Å². The molecule has 0 spiro atoms. The zero-order valence-electron chi connectivity index (χ0n) is 10.9. The first-order valence-electron chi connectivity index (χ1n) is 5.91. The van der Waals surface area contributed by atoms with Crippen LogP contribution < -0.4 is 27.4 Å². The van der Waals surface area contributed by atoms with Gasteiger partial charge in [0.15, 0.2) is 0 Å². The molecule has 20 heavy (non-hydrogen) atoms. The largest absolute Gasteiger partial charge is 0.494 e. The predicted octanol–water partition coefficient (Wildman–Crippen LogP) is -0.959. The summed E-state index contributed by atoms with van der Waals surface area (Å²) in [6.45, 7) is 0. The molecule has 0 aliphatic rings. The van der Waals surface area contributed by atoms with E-state index in [-0.39, 0.29) is 24.6 Å². The van der Waals surface area contributed by atoms with Crippen LogP contribution in [0.2, 0.25) is 0 Å². The number of amides is 1. The van der Waals surface area contributed by atoms with Crippen LogP contribution >= 0.6 is 0 Å². The number of fused-ring (bicyclic) bond motifs is 1. The fraction of sp³-hybridized carbons (Fsp3) is 0.250. The average Bonchev–Trinajstić information content (AvgIpc) is 2.48. The van der Waals surface area contributed by atoms with Gasteiger partial charge in [0, 0.05) is 12.8 Å². The third-order valence-corrected chi connectivity index (χ3v) is 2.92. The molecule has 0 bridgehead atoms. The smallest absolute Gasteiger partial charge is 0.279 e. The van der Waals surface area contributed by atoms with Crippen molar-refractivity contribution in [1.82, 2.24) is 15.1 Å². The normalized spacial score (nSPS) is 10.5. The molecule has 2 aromatic rings. The fourth-order valence-corrected chi connectivity index (χ4v) is 1.88. The van der Waals surface area contributed by atoms with Crippen molar-refractivity contribution in [2.24, 2.45) is 5.84 Å². The highest BCUT2D eigenvalue weighted by Gasteiger charge is 2.13. The van der Waals surface area contributed by atoms with Crippen molar-refractivity contribution >= 4 is 16.8 Å². The maximum atomic E-state index is 12.1. The number of hydrogen-bond acceptors (Lipinski definition) is 6. The van der Waals surface area contributed by atoms with E-state index < -0.39 is 5.56 Å². The van der Waals surface area contributed by atoms with Crippen LogP contribution in [0.4, 0.5) is 0 Å². The van der Waals surface area contributed by atoms with Gasteiger partial charge in [-0.25, -0.2) is 15.5 Å². The maximum Gasteiger partial charge on any atom is 0.279 e. The minimum absolute atomic E-state index is 0.0841. The van der Waals surface area contributed by atoms with E-state index in [1.54, 1.807) is 18.2 Å². The van der Waals surface area contributed by atoms with E-state index >= 15 is 0 Å². The monoisotopic (exact) mass is 277 g/mol. The molecule has 5 N–H and O–H groups in total. The molecule has 8 heteroatoms. The van der Waals surface area contributed by atoms with E-state index in [1.807, 2.05) is 5.43 Å². The van der Waals surface area contributed by atoms with E-state index in [0.717, 1.165) is 4.68 Å². The molecule has 0 aliphatic heterocycles. The highest BCUT2D eigenvalue weighted by Crippen LogP contribution is 2.21. The van der Waals surface area contributed by atoms with Gasteiger partial charge in [0.1, 0.15) is 17.1 Å². The van der Waals surface area contributed by atoms with E-state index in [0.29, 0.717) is 16.7 Å². The Kier molecular flexibility index (Phi) is 3.85. The van der Waals surface area contributed by atoms with E-state index in [4.69, 9.17) is 16.4 Å². The number of rotatable bonds is 4. The second-order valence-electron chi connectivity index (χ2n) is 4.13. The van der Waals surface area contributed by atoms with Gasteiger partial charge >= 0.3 is 0 Å². The third-order valence-electron chi connectivity index (χ3n) is 2.92. The topological polar surface area (TPSA) is 125 Å². The maximum absolute atomic E-state index is 12.1. The number of carbonyl (C=O) groups is 1. The van der Waals surface area contributed by atoms with Crippen molar-refractivity contribution < 1.29 is 9.53 Å². The number of carbonyl (C=O) groups excluding carboxylic acids is 1. The number of nitrogens with two attached hydrogens (primary N) is 2. The molecule has 1 amide bonds. The average molecular weight is 277 g/mol. The van der Waals surface area contributed by atoms with Crippen LogP contribution in [0, 0.1) is 0 Å². The summed E-state index contributed by atoms with van der Waals surface area (Å²) in [5, 5.41) is 0.360. The number of methoxy groups -OCH3 is 1. The van der Waals surface area contributed by atoms with Crippen LogP contribution in [0.15, 0.2) is 23.0 Å². The Hall–Kier alpha value is -2.61. The minimum Gasteiger partial charge on any atom is -0.494 e. The predicted molar refractivity (Wildman–Crippen MR) is 73.4 cm³/mol. The van der Waals surface area contributed by atoms with Gasteiger partial charge < -0.3 is 10.6 Å².